The average Bonchev–Trinajstić information content (AvgIpc) is 2.39. The van der Waals surface area contributed by atoms with Gasteiger partial charge in [-0.05, 0) is 39.8 Å². The Labute approximate surface area is 110 Å². The zero-order valence-electron chi connectivity index (χ0n) is 11.7. The molecule has 1 rings (SSSR count). The Morgan fingerprint density at radius 3 is 2.67 bits per heavy atom. The highest BCUT2D eigenvalue weighted by Crippen LogP contribution is 2.24. The molecule has 0 bridgehead atoms. The molecule has 0 heterocycles. The number of nitrogens with one attached hydrogen (secondary N) is 1. The van der Waals surface area contributed by atoms with Crippen LogP contribution in [0.1, 0.15) is 38.8 Å². The van der Waals surface area contributed by atoms with Gasteiger partial charge in [-0.3, -0.25) is 0 Å². The number of para-hydroxylation sites is 1. The van der Waals surface area contributed by atoms with Crippen LogP contribution in [-0.2, 0) is 4.74 Å². The first-order valence-electron chi connectivity index (χ1n) is 6.82. The van der Waals surface area contributed by atoms with Gasteiger partial charge in [0, 0.05) is 24.8 Å². The SMILES string of the molecule is CCOCCCNC(C)c1ccccc1OCC. The Morgan fingerprint density at radius 1 is 1.17 bits per heavy atom. The van der Waals surface area contributed by atoms with E-state index in [-0.39, 0.29) is 0 Å². The summed E-state index contributed by atoms with van der Waals surface area (Å²) in [6.45, 7) is 9.48. The summed E-state index contributed by atoms with van der Waals surface area (Å²) in [6, 6.07) is 8.50. The highest BCUT2D eigenvalue weighted by Gasteiger charge is 2.09. The van der Waals surface area contributed by atoms with Gasteiger partial charge in [0.25, 0.3) is 0 Å². The first-order chi connectivity index (χ1) is 8.79. The first-order valence-corrected chi connectivity index (χ1v) is 6.82. The van der Waals surface area contributed by atoms with Crippen molar-refractivity contribution in [1.29, 1.82) is 0 Å². The molecule has 0 fully saturated rings. The largest absolute Gasteiger partial charge is 0.494 e. The van der Waals surface area contributed by atoms with Gasteiger partial charge < -0.3 is 14.8 Å². The first kappa shape index (κ1) is 15.0. The lowest BCUT2D eigenvalue weighted by Gasteiger charge is -2.17. The van der Waals surface area contributed by atoms with Gasteiger partial charge in [-0.1, -0.05) is 18.2 Å². The third-order valence-corrected chi connectivity index (χ3v) is 2.81. The highest BCUT2D eigenvalue weighted by molar-refractivity contribution is 5.35. The molecule has 1 N–H and O–H groups in total. The van der Waals surface area contributed by atoms with Gasteiger partial charge in [-0.15, -0.1) is 0 Å². The number of benzene rings is 1. The fraction of sp³-hybridized carbons (Fsp3) is 0.600. The van der Waals surface area contributed by atoms with Crippen molar-refractivity contribution < 1.29 is 9.47 Å². The quantitative estimate of drug-likeness (QED) is 0.684. The van der Waals surface area contributed by atoms with Gasteiger partial charge in [0.05, 0.1) is 6.61 Å². The van der Waals surface area contributed by atoms with Gasteiger partial charge >= 0.3 is 0 Å². The fourth-order valence-electron chi connectivity index (χ4n) is 1.87. The summed E-state index contributed by atoms with van der Waals surface area (Å²) in [5.41, 5.74) is 1.22. The predicted octanol–water partition coefficient (Wildman–Crippen LogP) is 3.16. The van der Waals surface area contributed by atoms with E-state index in [0.717, 1.165) is 31.9 Å². The summed E-state index contributed by atoms with van der Waals surface area (Å²) in [6.07, 6.45) is 1.04. The fourth-order valence-corrected chi connectivity index (χ4v) is 1.87. The van der Waals surface area contributed by atoms with Gasteiger partial charge in [-0.25, -0.2) is 0 Å². The minimum Gasteiger partial charge on any atom is -0.494 e. The van der Waals surface area contributed by atoms with Crippen molar-refractivity contribution in [1.82, 2.24) is 5.32 Å². The van der Waals surface area contributed by atoms with Crippen LogP contribution in [0.25, 0.3) is 0 Å². The van der Waals surface area contributed by atoms with Crippen molar-refractivity contribution in [3.8, 4) is 5.75 Å². The van der Waals surface area contributed by atoms with Crippen LogP contribution in [-0.4, -0.2) is 26.4 Å². The molecule has 0 amide bonds. The minimum absolute atomic E-state index is 0.300. The van der Waals surface area contributed by atoms with Crippen molar-refractivity contribution in [2.75, 3.05) is 26.4 Å². The van der Waals surface area contributed by atoms with E-state index >= 15 is 0 Å². The van der Waals surface area contributed by atoms with Gasteiger partial charge in [0.1, 0.15) is 5.75 Å². The van der Waals surface area contributed by atoms with E-state index in [1.54, 1.807) is 0 Å². The molecular weight excluding hydrogens is 226 g/mol. The number of rotatable bonds is 9. The molecule has 0 aliphatic rings. The maximum Gasteiger partial charge on any atom is 0.124 e. The molecule has 0 saturated carbocycles. The monoisotopic (exact) mass is 251 g/mol. The van der Waals surface area contributed by atoms with Crippen molar-refractivity contribution in [2.24, 2.45) is 0 Å². The normalized spacial score (nSPS) is 12.4. The number of hydrogen-bond acceptors (Lipinski definition) is 3. The number of ether oxygens (including phenoxy) is 2. The molecule has 1 atom stereocenters. The van der Waals surface area contributed by atoms with E-state index < -0.39 is 0 Å². The van der Waals surface area contributed by atoms with E-state index in [2.05, 4.69) is 24.4 Å². The molecular formula is C15H25NO2. The second-order valence-electron chi connectivity index (χ2n) is 4.20. The van der Waals surface area contributed by atoms with Crippen LogP contribution in [0.15, 0.2) is 24.3 Å². The maximum atomic E-state index is 5.64. The molecule has 18 heavy (non-hydrogen) atoms. The van der Waals surface area contributed by atoms with E-state index in [1.165, 1.54) is 5.56 Å². The van der Waals surface area contributed by atoms with Crippen LogP contribution in [0.3, 0.4) is 0 Å². The zero-order chi connectivity index (χ0) is 13.2. The highest BCUT2D eigenvalue weighted by atomic mass is 16.5. The lowest BCUT2D eigenvalue weighted by atomic mass is 10.1. The molecule has 0 aromatic heterocycles. The summed E-state index contributed by atoms with van der Waals surface area (Å²) in [7, 11) is 0. The molecule has 3 nitrogen and oxygen atoms in total. The second-order valence-corrected chi connectivity index (χ2v) is 4.20. The van der Waals surface area contributed by atoms with E-state index in [1.807, 2.05) is 26.0 Å². The Kier molecular flexibility index (Phi) is 7.46. The Hall–Kier alpha value is -1.06. The van der Waals surface area contributed by atoms with Crippen molar-refractivity contribution >= 4 is 0 Å². The lowest BCUT2D eigenvalue weighted by Crippen LogP contribution is -2.21. The molecule has 0 aliphatic carbocycles. The Morgan fingerprint density at radius 2 is 1.94 bits per heavy atom. The average molecular weight is 251 g/mol. The molecule has 1 aromatic carbocycles. The third kappa shape index (κ3) is 5.07. The predicted molar refractivity (Wildman–Crippen MR) is 75.1 cm³/mol. The van der Waals surface area contributed by atoms with Gasteiger partial charge in [-0.2, -0.15) is 0 Å². The van der Waals surface area contributed by atoms with Crippen molar-refractivity contribution in [2.45, 2.75) is 33.2 Å². The van der Waals surface area contributed by atoms with Crippen LogP contribution in [0.5, 0.6) is 5.75 Å². The van der Waals surface area contributed by atoms with E-state index in [4.69, 9.17) is 9.47 Å². The lowest BCUT2D eigenvalue weighted by molar-refractivity contribution is 0.144. The maximum absolute atomic E-state index is 5.64. The molecule has 0 spiro atoms. The second kappa shape index (κ2) is 8.95. The Bertz CT molecular complexity index is 328. The summed E-state index contributed by atoms with van der Waals surface area (Å²) in [4.78, 5) is 0. The van der Waals surface area contributed by atoms with Crippen LogP contribution in [0, 0.1) is 0 Å². The molecule has 1 aromatic rings. The molecule has 102 valence electrons. The molecule has 0 radical (unpaired) electrons. The molecule has 3 heteroatoms. The van der Waals surface area contributed by atoms with Crippen LogP contribution in [0.2, 0.25) is 0 Å². The topological polar surface area (TPSA) is 30.5 Å². The van der Waals surface area contributed by atoms with Crippen molar-refractivity contribution in [3.05, 3.63) is 29.8 Å². The number of hydrogen-bond donors (Lipinski definition) is 1. The van der Waals surface area contributed by atoms with Gasteiger partial charge in [0.2, 0.25) is 0 Å². The molecule has 0 saturated heterocycles. The summed E-state index contributed by atoms with van der Waals surface area (Å²) >= 11 is 0. The molecule has 1 unspecified atom stereocenters. The van der Waals surface area contributed by atoms with E-state index in [9.17, 15) is 0 Å². The van der Waals surface area contributed by atoms with Crippen LogP contribution < -0.4 is 10.1 Å². The zero-order valence-corrected chi connectivity index (χ0v) is 11.7. The summed E-state index contributed by atoms with van der Waals surface area (Å²) in [5.74, 6) is 0.977. The van der Waals surface area contributed by atoms with Crippen molar-refractivity contribution in [3.63, 3.8) is 0 Å². The minimum atomic E-state index is 0.300. The summed E-state index contributed by atoms with van der Waals surface area (Å²) < 4.78 is 11.0. The van der Waals surface area contributed by atoms with Crippen LogP contribution in [0.4, 0.5) is 0 Å². The van der Waals surface area contributed by atoms with E-state index in [0.29, 0.717) is 12.6 Å². The van der Waals surface area contributed by atoms with Crippen LogP contribution >= 0.6 is 0 Å². The molecule has 0 aliphatic heterocycles. The van der Waals surface area contributed by atoms with Gasteiger partial charge in [0.15, 0.2) is 0 Å². The standard InChI is InChI=1S/C15H25NO2/c1-4-17-12-8-11-16-13(3)14-9-6-7-10-15(14)18-5-2/h6-7,9-10,13,16H,4-5,8,11-12H2,1-3H3. The smallest absolute Gasteiger partial charge is 0.124 e. The summed E-state index contributed by atoms with van der Waals surface area (Å²) in [5, 5.41) is 3.50. The Balaban J connectivity index is 2.42. The third-order valence-electron chi connectivity index (χ3n) is 2.81.